The van der Waals surface area contributed by atoms with Crippen molar-refractivity contribution in [2.75, 3.05) is 0 Å². The number of aromatic nitrogens is 2. The van der Waals surface area contributed by atoms with Gasteiger partial charge in [0.2, 0.25) is 0 Å². The number of nitrogens with zero attached hydrogens (tertiary/aromatic N) is 1. The topological polar surface area (TPSA) is 37.8 Å². The van der Waals surface area contributed by atoms with Crippen molar-refractivity contribution in [2.24, 2.45) is 5.92 Å². The van der Waals surface area contributed by atoms with Gasteiger partial charge in [-0.05, 0) is 36.0 Å². The van der Waals surface area contributed by atoms with Crippen LogP contribution in [0.25, 0.3) is 10.2 Å². The molecule has 3 nitrogen and oxygen atoms in total. The van der Waals surface area contributed by atoms with Crippen LogP contribution in [-0.2, 0) is 6.54 Å². The minimum absolute atomic E-state index is 0.0737. The first kappa shape index (κ1) is 13.1. The zero-order chi connectivity index (χ0) is 13.2. The van der Waals surface area contributed by atoms with E-state index in [9.17, 15) is 4.79 Å². The Kier molecular flexibility index (Phi) is 3.84. The van der Waals surface area contributed by atoms with Gasteiger partial charge in [0.15, 0.2) is 4.77 Å². The largest absolute Gasteiger partial charge is 0.331 e. The van der Waals surface area contributed by atoms with Crippen LogP contribution >= 0.6 is 23.6 Å². The number of fused-ring (bicyclic) bond motifs is 1. The van der Waals surface area contributed by atoms with Crippen molar-refractivity contribution in [2.45, 2.75) is 45.1 Å². The molecule has 1 fully saturated rings. The second kappa shape index (κ2) is 5.59. The lowest BCUT2D eigenvalue weighted by molar-refractivity contribution is 0.322. The number of nitrogens with one attached hydrogen (secondary N) is 1. The maximum Gasteiger partial charge on any atom is 0.272 e. The first-order valence-corrected chi connectivity index (χ1v) is 8.25. The third kappa shape index (κ3) is 2.67. The van der Waals surface area contributed by atoms with E-state index in [0.717, 1.165) is 29.1 Å². The molecule has 1 aliphatic rings. The van der Waals surface area contributed by atoms with Gasteiger partial charge >= 0.3 is 0 Å². The van der Waals surface area contributed by atoms with Gasteiger partial charge in [0, 0.05) is 6.54 Å². The molecule has 5 heteroatoms. The first-order chi connectivity index (χ1) is 9.25. The van der Waals surface area contributed by atoms with E-state index in [1.807, 2.05) is 11.4 Å². The van der Waals surface area contributed by atoms with Crippen molar-refractivity contribution in [3.8, 4) is 0 Å². The molecule has 3 rings (SSSR count). The highest BCUT2D eigenvalue weighted by Crippen LogP contribution is 2.26. The van der Waals surface area contributed by atoms with Crippen LogP contribution in [0.3, 0.4) is 0 Å². The first-order valence-electron chi connectivity index (χ1n) is 6.96. The molecule has 1 N–H and O–H groups in total. The Morgan fingerprint density at radius 3 is 2.95 bits per heavy atom. The highest BCUT2D eigenvalue weighted by molar-refractivity contribution is 7.71. The van der Waals surface area contributed by atoms with Crippen molar-refractivity contribution >= 4 is 33.8 Å². The summed E-state index contributed by atoms with van der Waals surface area (Å²) in [6.45, 7) is 0.757. The van der Waals surface area contributed by atoms with Gasteiger partial charge in [-0.1, -0.05) is 32.1 Å². The van der Waals surface area contributed by atoms with Crippen molar-refractivity contribution in [1.29, 1.82) is 0 Å². The summed E-state index contributed by atoms with van der Waals surface area (Å²) in [5.74, 6) is 0.772. The van der Waals surface area contributed by atoms with E-state index in [1.54, 1.807) is 4.57 Å². The Labute approximate surface area is 121 Å². The molecule has 19 heavy (non-hydrogen) atoms. The fourth-order valence-electron chi connectivity index (χ4n) is 2.96. The summed E-state index contributed by atoms with van der Waals surface area (Å²) in [6.07, 6.45) is 7.76. The quantitative estimate of drug-likeness (QED) is 0.866. The number of aromatic amines is 1. The molecule has 0 unspecified atom stereocenters. The van der Waals surface area contributed by atoms with Gasteiger partial charge in [-0.15, -0.1) is 11.3 Å². The van der Waals surface area contributed by atoms with E-state index in [1.165, 1.54) is 43.4 Å². The van der Waals surface area contributed by atoms with Crippen molar-refractivity contribution in [3.05, 3.63) is 26.6 Å². The molecule has 1 saturated carbocycles. The van der Waals surface area contributed by atoms with Crippen molar-refractivity contribution in [1.82, 2.24) is 9.55 Å². The molecule has 1 aliphatic carbocycles. The second-order valence-corrected chi connectivity index (χ2v) is 6.65. The summed E-state index contributed by atoms with van der Waals surface area (Å²) in [5.41, 5.74) is 0.943. The Morgan fingerprint density at radius 2 is 2.16 bits per heavy atom. The molecule has 0 aliphatic heterocycles. The van der Waals surface area contributed by atoms with Gasteiger partial charge in [0.05, 0.1) is 5.52 Å². The van der Waals surface area contributed by atoms with E-state index in [4.69, 9.17) is 12.2 Å². The van der Waals surface area contributed by atoms with Crippen LogP contribution in [0.2, 0.25) is 0 Å². The number of H-pyrrole nitrogens is 1. The molecule has 0 amide bonds. The molecule has 0 saturated heterocycles. The van der Waals surface area contributed by atoms with E-state index >= 15 is 0 Å². The van der Waals surface area contributed by atoms with Crippen LogP contribution in [0.1, 0.15) is 38.5 Å². The van der Waals surface area contributed by atoms with Gasteiger partial charge in [-0.3, -0.25) is 9.36 Å². The van der Waals surface area contributed by atoms with E-state index < -0.39 is 0 Å². The minimum atomic E-state index is 0.0737. The Hall–Kier alpha value is -0.940. The van der Waals surface area contributed by atoms with Crippen LogP contribution in [0.4, 0.5) is 0 Å². The number of hydrogen-bond acceptors (Lipinski definition) is 3. The molecule has 2 aromatic rings. The lowest BCUT2D eigenvalue weighted by Gasteiger charge is -2.21. The van der Waals surface area contributed by atoms with E-state index in [2.05, 4.69) is 4.98 Å². The van der Waals surface area contributed by atoms with Crippen LogP contribution in [0.5, 0.6) is 0 Å². The number of thiophene rings is 1. The Bertz CT molecular complexity index is 677. The SMILES string of the molecule is O=c1c2sccc2[nH]c(=S)n1CCC1CCCCC1. The van der Waals surface area contributed by atoms with Gasteiger partial charge < -0.3 is 4.98 Å². The summed E-state index contributed by atoms with van der Waals surface area (Å²) in [5, 5.41) is 1.93. The molecule has 0 aromatic carbocycles. The summed E-state index contributed by atoms with van der Waals surface area (Å²) >= 11 is 6.80. The zero-order valence-electron chi connectivity index (χ0n) is 10.9. The molecule has 2 heterocycles. The average molecular weight is 294 g/mol. The van der Waals surface area contributed by atoms with Crippen LogP contribution in [0, 0.1) is 10.7 Å². The number of rotatable bonds is 3. The predicted octanol–water partition coefficient (Wildman–Crippen LogP) is 4.09. The predicted molar refractivity (Wildman–Crippen MR) is 82.5 cm³/mol. The maximum atomic E-state index is 12.4. The lowest BCUT2D eigenvalue weighted by Crippen LogP contribution is -2.23. The molecule has 0 radical (unpaired) electrons. The van der Waals surface area contributed by atoms with Gasteiger partial charge in [0.1, 0.15) is 4.70 Å². The third-order valence-electron chi connectivity index (χ3n) is 4.08. The normalized spacial score (nSPS) is 17.1. The standard InChI is InChI=1S/C14H18N2OS2/c17-13-12-11(7-9-19-12)15-14(18)16(13)8-6-10-4-2-1-3-5-10/h7,9-10H,1-6,8H2,(H,15,18). The smallest absolute Gasteiger partial charge is 0.272 e. The zero-order valence-corrected chi connectivity index (χ0v) is 12.5. The van der Waals surface area contributed by atoms with Crippen LogP contribution in [0.15, 0.2) is 16.2 Å². The Morgan fingerprint density at radius 1 is 1.37 bits per heavy atom. The Balaban J connectivity index is 1.83. The van der Waals surface area contributed by atoms with Crippen LogP contribution < -0.4 is 5.56 Å². The van der Waals surface area contributed by atoms with Crippen molar-refractivity contribution < 1.29 is 0 Å². The fraction of sp³-hybridized carbons (Fsp3) is 0.571. The van der Waals surface area contributed by atoms with Gasteiger partial charge in [0.25, 0.3) is 5.56 Å². The monoisotopic (exact) mass is 294 g/mol. The maximum absolute atomic E-state index is 12.4. The number of hydrogen-bond donors (Lipinski definition) is 1. The van der Waals surface area contributed by atoms with Crippen molar-refractivity contribution in [3.63, 3.8) is 0 Å². The summed E-state index contributed by atoms with van der Waals surface area (Å²) < 4.78 is 3.09. The fourth-order valence-corrected chi connectivity index (χ4v) is 4.04. The second-order valence-electron chi connectivity index (χ2n) is 5.34. The highest BCUT2D eigenvalue weighted by Gasteiger charge is 2.14. The highest BCUT2D eigenvalue weighted by atomic mass is 32.1. The minimum Gasteiger partial charge on any atom is -0.331 e. The van der Waals surface area contributed by atoms with Crippen LogP contribution in [-0.4, -0.2) is 9.55 Å². The average Bonchev–Trinajstić information content (AvgIpc) is 2.88. The lowest BCUT2D eigenvalue weighted by atomic mass is 9.87. The molecule has 0 spiro atoms. The summed E-state index contributed by atoms with van der Waals surface area (Å²) in [7, 11) is 0. The molecular formula is C14H18N2OS2. The van der Waals surface area contributed by atoms with E-state index in [0.29, 0.717) is 4.77 Å². The van der Waals surface area contributed by atoms with E-state index in [-0.39, 0.29) is 5.56 Å². The molecule has 0 bridgehead atoms. The molecule has 2 aromatic heterocycles. The third-order valence-corrected chi connectivity index (χ3v) is 5.30. The summed E-state index contributed by atoms with van der Waals surface area (Å²) in [6, 6.07) is 1.92. The molecule has 0 atom stereocenters. The molecular weight excluding hydrogens is 276 g/mol. The summed E-state index contributed by atoms with van der Waals surface area (Å²) in [4.78, 5) is 15.5. The van der Waals surface area contributed by atoms with Gasteiger partial charge in [-0.2, -0.15) is 0 Å². The molecule has 102 valence electrons. The van der Waals surface area contributed by atoms with Gasteiger partial charge in [-0.25, -0.2) is 0 Å².